The molecule has 2 fully saturated rings. The van der Waals surface area contributed by atoms with E-state index in [0.29, 0.717) is 51.1 Å². The first kappa shape index (κ1) is 22.7. The third-order valence-corrected chi connectivity index (χ3v) is 6.30. The van der Waals surface area contributed by atoms with Crippen molar-refractivity contribution in [2.45, 2.75) is 50.6 Å². The number of amides is 1. The van der Waals surface area contributed by atoms with Crippen LogP contribution < -0.4 is 0 Å². The van der Waals surface area contributed by atoms with Crippen molar-refractivity contribution in [1.82, 2.24) is 20.0 Å². The van der Waals surface area contributed by atoms with E-state index in [1.165, 1.54) is 12.1 Å². The zero-order chi connectivity index (χ0) is 22.6. The van der Waals surface area contributed by atoms with Gasteiger partial charge >= 0.3 is 0 Å². The Hall–Kier alpha value is -2.52. The van der Waals surface area contributed by atoms with E-state index in [-0.39, 0.29) is 25.6 Å². The lowest BCUT2D eigenvalue weighted by Crippen LogP contribution is -2.54. The van der Waals surface area contributed by atoms with Crippen molar-refractivity contribution in [2.24, 2.45) is 0 Å². The third-order valence-electron chi connectivity index (χ3n) is 6.30. The highest BCUT2D eigenvalue weighted by molar-refractivity contribution is 5.85. The Balaban J connectivity index is 1.22. The Kier molecular flexibility index (Phi) is 7.05. The Labute approximate surface area is 185 Å². The summed E-state index contributed by atoms with van der Waals surface area (Å²) < 4.78 is 48.0. The number of hydrogen-bond donors (Lipinski definition) is 0. The summed E-state index contributed by atoms with van der Waals surface area (Å²) in [6, 6.07) is 5.28. The minimum absolute atomic E-state index is 0.0423. The summed E-state index contributed by atoms with van der Waals surface area (Å²) in [5.74, 6) is -1.70. The van der Waals surface area contributed by atoms with Crippen molar-refractivity contribution in [3.05, 3.63) is 59.4 Å². The molecule has 1 aromatic heterocycles. The van der Waals surface area contributed by atoms with Crippen LogP contribution in [0.25, 0.3) is 0 Å². The molecule has 1 amide bonds. The number of nitrogens with zero attached hydrogens (tertiary/aromatic N) is 4. The highest BCUT2D eigenvalue weighted by Gasteiger charge is 2.44. The monoisotopic (exact) mass is 448 g/mol. The molecular formula is C23H27F3N4O2. The predicted molar refractivity (Wildman–Crippen MR) is 111 cm³/mol. The molecule has 9 heteroatoms. The maximum Gasteiger partial charge on any atom is 0.260 e. The molecule has 6 nitrogen and oxygen atoms in total. The molecule has 0 radical (unpaired) electrons. The fourth-order valence-corrected chi connectivity index (χ4v) is 4.30. The topological polar surface area (TPSA) is 58.6 Å². The van der Waals surface area contributed by atoms with Crippen LogP contribution in [0.4, 0.5) is 13.2 Å². The largest absolute Gasteiger partial charge is 0.373 e. The minimum Gasteiger partial charge on any atom is -0.373 e. The second kappa shape index (κ2) is 9.95. The molecule has 0 bridgehead atoms. The van der Waals surface area contributed by atoms with Crippen molar-refractivity contribution < 1.29 is 22.7 Å². The van der Waals surface area contributed by atoms with Gasteiger partial charge in [0.15, 0.2) is 5.67 Å². The van der Waals surface area contributed by atoms with Gasteiger partial charge in [0.05, 0.1) is 18.9 Å². The zero-order valence-electron chi connectivity index (χ0n) is 17.9. The fourth-order valence-electron chi connectivity index (χ4n) is 4.30. The molecule has 2 aromatic rings. The van der Waals surface area contributed by atoms with Gasteiger partial charge < -0.3 is 9.64 Å². The lowest BCUT2D eigenvalue weighted by atomic mass is 9.90. The highest BCUT2D eigenvalue weighted by Crippen LogP contribution is 2.31. The predicted octanol–water partition coefficient (Wildman–Crippen LogP) is 3.27. The number of likely N-dealkylation sites (tertiary alicyclic amines) is 2. The van der Waals surface area contributed by atoms with Gasteiger partial charge in [0, 0.05) is 63.4 Å². The Morgan fingerprint density at radius 1 is 1.09 bits per heavy atom. The molecule has 172 valence electrons. The van der Waals surface area contributed by atoms with E-state index in [9.17, 15) is 13.6 Å². The molecule has 1 aromatic carbocycles. The van der Waals surface area contributed by atoms with Gasteiger partial charge in [-0.25, -0.2) is 13.2 Å². The van der Waals surface area contributed by atoms with Gasteiger partial charge in [0.2, 0.25) is 0 Å². The Bertz CT molecular complexity index is 915. The van der Waals surface area contributed by atoms with Crippen LogP contribution >= 0.6 is 0 Å². The molecule has 4 rings (SSSR count). The number of carbonyl (C=O) groups excluding carboxylic acids is 1. The summed E-state index contributed by atoms with van der Waals surface area (Å²) in [6.45, 7) is 2.54. The van der Waals surface area contributed by atoms with E-state index in [1.54, 1.807) is 17.3 Å². The number of benzene rings is 1. The molecule has 0 saturated carbocycles. The molecule has 2 aliphatic heterocycles. The number of halogens is 3. The van der Waals surface area contributed by atoms with E-state index >= 15 is 4.39 Å². The van der Waals surface area contributed by atoms with Crippen molar-refractivity contribution in [2.75, 3.05) is 26.2 Å². The molecule has 0 N–H and O–H groups in total. The summed E-state index contributed by atoms with van der Waals surface area (Å²) in [5, 5.41) is 7.61. The van der Waals surface area contributed by atoms with Crippen LogP contribution in [0.15, 0.2) is 36.7 Å². The van der Waals surface area contributed by atoms with Crippen LogP contribution in [0.5, 0.6) is 0 Å². The Morgan fingerprint density at radius 2 is 1.84 bits per heavy atom. The summed E-state index contributed by atoms with van der Waals surface area (Å²) in [6.07, 6.45) is 4.65. The minimum atomic E-state index is -1.84. The molecule has 2 aliphatic rings. The van der Waals surface area contributed by atoms with Crippen molar-refractivity contribution in [3.63, 3.8) is 0 Å². The van der Waals surface area contributed by atoms with E-state index in [4.69, 9.17) is 4.74 Å². The molecular weight excluding hydrogens is 421 g/mol. The van der Waals surface area contributed by atoms with Gasteiger partial charge in [-0.1, -0.05) is 6.07 Å². The molecule has 0 unspecified atom stereocenters. The van der Waals surface area contributed by atoms with Gasteiger partial charge in [-0.3, -0.25) is 9.69 Å². The molecule has 3 heterocycles. The van der Waals surface area contributed by atoms with Crippen LogP contribution in [0.2, 0.25) is 0 Å². The second-order valence-electron chi connectivity index (χ2n) is 8.53. The standard InChI is InChI=1S/C23H27F3N4O2/c24-19-2-1-18(21(25)13-19)16-32-20-4-9-30(10-5-20)22(31)23(26)6-11-29(12-7-23)15-17-3-8-27-28-14-17/h1-3,8,13-14,20H,4-7,9-12,15-16H2. The maximum atomic E-state index is 15.5. The van der Waals surface area contributed by atoms with E-state index < -0.39 is 23.2 Å². The van der Waals surface area contributed by atoms with Gasteiger partial charge in [0.25, 0.3) is 5.91 Å². The lowest BCUT2D eigenvalue weighted by molar-refractivity contribution is -0.150. The first-order valence-electron chi connectivity index (χ1n) is 10.9. The van der Waals surface area contributed by atoms with Crippen molar-refractivity contribution >= 4 is 5.91 Å². The van der Waals surface area contributed by atoms with Gasteiger partial charge in [-0.15, -0.1) is 0 Å². The van der Waals surface area contributed by atoms with Crippen molar-refractivity contribution in [3.8, 4) is 0 Å². The average Bonchev–Trinajstić information content (AvgIpc) is 2.81. The van der Waals surface area contributed by atoms with E-state index in [0.717, 1.165) is 11.6 Å². The van der Waals surface area contributed by atoms with Crippen LogP contribution in [-0.4, -0.2) is 63.9 Å². The summed E-state index contributed by atoms with van der Waals surface area (Å²) >= 11 is 0. The molecule has 32 heavy (non-hydrogen) atoms. The normalized spacial score (nSPS) is 19.8. The maximum absolute atomic E-state index is 15.5. The second-order valence-corrected chi connectivity index (χ2v) is 8.53. The van der Waals surface area contributed by atoms with Gasteiger partial charge in [-0.05, 0) is 30.5 Å². The van der Waals surface area contributed by atoms with Crippen LogP contribution in [-0.2, 0) is 22.7 Å². The summed E-state index contributed by atoms with van der Waals surface area (Å²) in [5.41, 5.74) is -0.528. The number of rotatable bonds is 6. The number of alkyl halides is 1. The highest BCUT2D eigenvalue weighted by atomic mass is 19.1. The molecule has 0 aliphatic carbocycles. The number of ether oxygens (including phenoxy) is 1. The van der Waals surface area contributed by atoms with E-state index in [1.807, 2.05) is 6.07 Å². The smallest absolute Gasteiger partial charge is 0.260 e. The molecule has 0 atom stereocenters. The SMILES string of the molecule is O=C(N1CCC(OCc2ccc(F)cc2F)CC1)C1(F)CCN(Cc2ccnnc2)CC1. The van der Waals surface area contributed by atoms with Crippen LogP contribution in [0, 0.1) is 11.6 Å². The summed E-state index contributed by atoms with van der Waals surface area (Å²) in [4.78, 5) is 16.6. The molecule has 2 saturated heterocycles. The number of carbonyl (C=O) groups is 1. The van der Waals surface area contributed by atoms with Crippen LogP contribution in [0.3, 0.4) is 0 Å². The average molecular weight is 448 g/mol. The quantitative estimate of drug-likeness (QED) is 0.679. The van der Waals surface area contributed by atoms with Crippen molar-refractivity contribution in [1.29, 1.82) is 0 Å². The summed E-state index contributed by atoms with van der Waals surface area (Å²) in [7, 11) is 0. The van der Waals surface area contributed by atoms with Gasteiger partial charge in [-0.2, -0.15) is 10.2 Å². The van der Waals surface area contributed by atoms with Gasteiger partial charge in [0.1, 0.15) is 11.6 Å². The number of hydrogen-bond acceptors (Lipinski definition) is 5. The molecule has 0 spiro atoms. The first-order chi connectivity index (χ1) is 15.4. The van der Waals surface area contributed by atoms with E-state index in [2.05, 4.69) is 15.1 Å². The Morgan fingerprint density at radius 3 is 2.50 bits per heavy atom. The fraction of sp³-hybridized carbons (Fsp3) is 0.522. The number of aromatic nitrogens is 2. The lowest BCUT2D eigenvalue weighted by Gasteiger charge is -2.40. The first-order valence-corrected chi connectivity index (χ1v) is 10.9. The van der Waals surface area contributed by atoms with Crippen LogP contribution in [0.1, 0.15) is 36.8 Å². The third kappa shape index (κ3) is 5.45. The number of piperidine rings is 2. The zero-order valence-corrected chi connectivity index (χ0v) is 17.9.